The Hall–Kier alpha value is -0.880. The maximum Gasteiger partial charge on any atom is 0.354 e. The molecule has 15 heavy (non-hydrogen) atoms. The first-order chi connectivity index (χ1) is 6.93. The molecule has 0 saturated heterocycles. The van der Waals surface area contributed by atoms with E-state index in [-0.39, 0.29) is 5.69 Å². The highest BCUT2D eigenvalue weighted by atomic mass is 79.9. The van der Waals surface area contributed by atoms with E-state index >= 15 is 0 Å². The summed E-state index contributed by atoms with van der Waals surface area (Å²) in [6.07, 6.45) is 0.670. The van der Waals surface area contributed by atoms with Crippen LogP contribution in [0.5, 0.6) is 0 Å². The number of aromatic nitrogens is 2. The largest absolute Gasteiger partial charge is 0.477 e. The molecule has 5 nitrogen and oxygen atoms in total. The van der Waals surface area contributed by atoms with Gasteiger partial charge in [-0.15, -0.1) is 0 Å². The van der Waals surface area contributed by atoms with Crippen LogP contribution in [0.2, 0.25) is 0 Å². The SMILES string of the molecule is CN(C)CCc1c(Br)nn(C)c1C(=O)O. The summed E-state index contributed by atoms with van der Waals surface area (Å²) in [5.74, 6) is -0.940. The normalized spacial score (nSPS) is 11.0. The number of likely N-dealkylation sites (N-methyl/N-ethyl adjacent to an activating group) is 1. The highest BCUT2D eigenvalue weighted by molar-refractivity contribution is 9.10. The predicted octanol–water partition coefficient (Wildman–Crippen LogP) is 0.985. The quantitative estimate of drug-likeness (QED) is 0.890. The first-order valence-corrected chi connectivity index (χ1v) is 5.32. The van der Waals surface area contributed by atoms with Gasteiger partial charge in [-0.25, -0.2) is 4.79 Å². The molecule has 1 aromatic heterocycles. The molecule has 0 aliphatic heterocycles. The summed E-state index contributed by atoms with van der Waals surface area (Å²) in [5.41, 5.74) is 1.00. The highest BCUT2D eigenvalue weighted by Crippen LogP contribution is 2.20. The Balaban J connectivity index is 2.99. The van der Waals surface area contributed by atoms with Crippen LogP contribution in [0.25, 0.3) is 0 Å². The summed E-state index contributed by atoms with van der Waals surface area (Å²) < 4.78 is 2.00. The van der Waals surface area contributed by atoms with Crippen LogP contribution >= 0.6 is 15.9 Å². The van der Waals surface area contributed by atoms with Crippen LogP contribution in [0, 0.1) is 0 Å². The fraction of sp³-hybridized carbons (Fsp3) is 0.556. The number of nitrogens with zero attached hydrogens (tertiary/aromatic N) is 3. The van der Waals surface area contributed by atoms with E-state index in [1.165, 1.54) is 4.68 Å². The number of hydrogen-bond donors (Lipinski definition) is 1. The van der Waals surface area contributed by atoms with Gasteiger partial charge >= 0.3 is 5.97 Å². The molecule has 0 unspecified atom stereocenters. The molecule has 0 fully saturated rings. The molecule has 6 heteroatoms. The second-order valence-electron chi connectivity index (χ2n) is 3.60. The molecule has 1 heterocycles. The number of aryl methyl sites for hydroxylation is 1. The molecule has 1 rings (SSSR count). The van der Waals surface area contributed by atoms with Crippen molar-refractivity contribution in [3.63, 3.8) is 0 Å². The van der Waals surface area contributed by atoms with Gasteiger partial charge in [0.1, 0.15) is 10.3 Å². The van der Waals surface area contributed by atoms with Crippen molar-refractivity contribution in [3.05, 3.63) is 15.9 Å². The number of carbonyl (C=O) groups is 1. The van der Waals surface area contributed by atoms with Crippen molar-refractivity contribution in [3.8, 4) is 0 Å². The molecule has 0 atom stereocenters. The van der Waals surface area contributed by atoms with Crippen LogP contribution in [-0.4, -0.2) is 46.4 Å². The van der Waals surface area contributed by atoms with Crippen molar-refractivity contribution in [2.45, 2.75) is 6.42 Å². The van der Waals surface area contributed by atoms with Crippen molar-refractivity contribution in [1.29, 1.82) is 0 Å². The monoisotopic (exact) mass is 275 g/mol. The summed E-state index contributed by atoms with van der Waals surface area (Å²) in [6, 6.07) is 0. The molecular weight excluding hydrogens is 262 g/mol. The maximum atomic E-state index is 11.0. The fourth-order valence-corrected chi connectivity index (χ4v) is 1.98. The van der Waals surface area contributed by atoms with Gasteiger partial charge in [-0.05, 0) is 36.4 Å². The fourth-order valence-electron chi connectivity index (χ4n) is 1.36. The number of carboxylic acids is 1. The van der Waals surface area contributed by atoms with Gasteiger partial charge in [0.2, 0.25) is 0 Å². The van der Waals surface area contributed by atoms with E-state index in [0.29, 0.717) is 11.0 Å². The van der Waals surface area contributed by atoms with E-state index < -0.39 is 5.97 Å². The van der Waals surface area contributed by atoms with E-state index in [0.717, 1.165) is 12.1 Å². The van der Waals surface area contributed by atoms with Gasteiger partial charge in [-0.3, -0.25) is 4.68 Å². The predicted molar refractivity (Wildman–Crippen MR) is 60.1 cm³/mol. The van der Waals surface area contributed by atoms with Crippen LogP contribution in [-0.2, 0) is 13.5 Å². The Kier molecular flexibility index (Phi) is 3.87. The molecule has 0 bridgehead atoms. The topological polar surface area (TPSA) is 58.4 Å². The number of halogens is 1. The van der Waals surface area contributed by atoms with Crippen molar-refractivity contribution >= 4 is 21.9 Å². The summed E-state index contributed by atoms with van der Waals surface area (Å²) >= 11 is 3.27. The van der Waals surface area contributed by atoms with E-state index in [2.05, 4.69) is 21.0 Å². The van der Waals surface area contributed by atoms with E-state index in [1.54, 1.807) is 7.05 Å². The Labute approximate surface area is 96.8 Å². The summed E-state index contributed by atoms with van der Waals surface area (Å²) in [4.78, 5) is 13.0. The smallest absolute Gasteiger partial charge is 0.354 e. The lowest BCUT2D eigenvalue weighted by atomic mass is 10.2. The number of aromatic carboxylic acids is 1. The molecule has 0 aliphatic rings. The minimum atomic E-state index is -0.940. The third-order valence-corrected chi connectivity index (χ3v) is 2.75. The van der Waals surface area contributed by atoms with Gasteiger partial charge in [-0.2, -0.15) is 5.10 Å². The van der Waals surface area contributed by atoms with E-state index in [4.69, 9.17) is 5.11 Å². The molecule has 1 N–H and O–H groups in total. The number of carboxylic acid groups (broad SMARTS) is 1. The van der Waals surface area contributed by atoms with Gasteiger partial charge in [0.05, 0.1) is 0 Å². The zero-order valence-electron chi connectivity index (χ0n) is 8.99. The maximum absolute atomic E-state index is 11.0. The molecule has 0 saturated carbocycles. The van der Waals surface area contributed by atoms with Gasteiger partial charge < -0.3 is 10.0 Å². The summed E-state index contributed by atoms with van der Waals surface area (Å²) in [5, 5.41) is 13.1. The summed E-state index contributed by atoms with van der Waals surface area (Å²) in [7, 11) is 5.53. The molecular formula is C9H14BrN3O2. The molecule has 0 spiro atoms. The Morgan fingerprint density at radius 1 is 1.60 bits per heavy atom. The van der Waals surface area contributed by atoms with Gasteiger partial charge in [0, 0.05) is 19.2 Å². The summed E-state index contributed by atoms with van der Waals surface area (Å²) in [6.45, 7) is 0.796. The number of rotatable bonds is 4. The second kappa shape index (κ2) is 4.76. The molecule has 0 radical (unpaired) electrons. The Morgan fingerprint density at radius 2 is 2.20 bits per heavy atom. The second-order valence-corrected chi connectivity index (χ2v) is 4.35. The third-order valence-electron chi connectivity index (χ3n) is 2.11. The van der Waals surface area contributed by atoms with Gasteiger partial charge in [-0.1, -0.05) is 0 Å². The molecule has 0 amide bonds. The molecule has 84 valence electrons. The van der Waals surface area contributed by atoms with E-state index in [9.17, 15) is 4.79 Å². The minimum Gasteiger partial charge on any atom is -0.477 e. The van der Waals surface area contributed by atoms with Crippen LogP contribution in [0.15, 0.2) is 4.60 Å². The van der Waals surface area contributed by atoms with Crippen molar-refractivity contribution in [2.24, 2.45) is 7.05 Å². The van der Waals surface area contributed by atoms with E-state index in [1.807, 2.05) is 19.0 Å². The molecule has 0 aromatic carbocycles. The van der Waals surface area contributed by atoms with Crippen molar-refractivity contribution in [1.82, 2.24) is 14.7 Å². The standard InChI is InChI=1S/C9H14BrN3O2/c1-12(2)5-4-6-7(9(14)15)13(3)11-8(6)10/h4-5H2,1-3H3,(H,14,15). The average Bonchev–Trinajstić information content (AvgIpc) is 2.37. The van der Waals surface area contributed by atoms with Crippen LogP contribution in [0.1, 0.15) is 16.1 Å². The Morgan fingerprint density at radius 3 is 2.67 bits per heavy atom. The van der Waals surface area contributed by atoms with Gasteiger partial charge in [0.15, 0.2) is 0 Å². The Bertz CT molecular complexity index is 374. The van der Waals surface area contributed by atoms with Crippen LogP contribution in [0.4, 0.5) is 0 Å². The lowest BCUT2D eigenvalue weighted by Crippen LogP contribution is -2.17. The lowest BCUT2D eigenvalue weighted by Gasteiger charge is -2.08. The van der Waals surface area contributed by atoms with Crippen molar-refractivity contribution in [2.75, 3.05) is 20.6 Å². The third kappa shape index (κ3) is 2.79. The van der Waals surface area contributed by atoms with Crippen LogP contribution < -0.4 is 0 Å². The first-order valence-electron chi connectivity index (χ1n) is 4.53. The van der Waals surface area contributed by atoms with Gasteiger partial charge in [0.25, 0.3) is 0 Å². The zero-order valence-corrected chi connectivity index (χ0v) is 10.6. The number of hydrogen-bond acceptors (Lipinski definition) is 3. The van der Waals surface area contributed by atoms with Crippen LogP contribution in [0.3, 0.4) is 0 Å². The lowest BCUT2D eigenvalue weighted by molar-refractivity contribution is 0.0683. The molecule has 0 aliphatic carbocycles. The van der Waals surface area contributed by atoms with Crippen molar-refractivity contribution < 1.29 is 9.90 Å². The zero-order chi connectivity index (χ0) is 11.6. The highest BCUT2D eigenvalue weighted by Gasteiger charge is 2.19. The minimum absolute atomic E-state index is 0.253. The first kappa shape index (κ1) is 12.2. The molecule has 1 aromatic rings. The average molecular weight is 276 g/mol.